The zero-order valence-corrected chi connectivity index (χ0v) is 15.7. The van der Waals surface area contributed by atoms with Crippen LogP contribution in [0.15, 0.2) is 53.5 Å². The van der Waals surface area contributed by atoms with Crippen molar-refractivity contribution >= 4 is 11.9 Å². The van der Waals surface area contributed by atoms with E-state index in [-0.39, 0.29) is 12.6 Å². The van der Waals surface area contributed by atoms with Gasteiger partial charge in [0.15, 0.2) is 0 Å². The molecule has 0 aliphatic carbocycles. The summed E-state index contributed by atoms with van der Waals surface area (Å²) < 4.78 is 11.1. The fourth-order valence-electron chi connectivity index (χ4n) is 2.73. The molecule has 2 amide bonds. The van der Waals surface area contributed by atoms with Crippen molar-refractivity contribution < 1.29 is 19.5 Å². The average molecular weight is 379 g/mol. The van der Waals surface area contributed by atoms with Gasteiger partial charge in [-0.25, -0.2) is 9.79 Å². The van der Waals surface area contributed by atoms with Gasteiger partial charge in [-0.05, 0) is 23.8 Å². The molecule has 144 valence electrons. The van der Waals surface area contributed by atoms with Gasteiger partial charge in [0, 0.05) is 12.6 Å². The lowest BCUT2D eigenvalue weighted by molar-refractivity contribution is -0.0301. The number of hydroxylamine groups is 2. The Balaban J connectivity index is 1.81. The zero-order chi connectivity index (χ0) is 19.9. The summed E-state index contributed by atoms with van der Waals surface area (Å²) >= 11 is 0. The van der Waals surface area contributed by atoms with Crippen LogP contribution in [0.4, 0.5) is 4.79 Å². The first-order chi connectivity index (χ1) is 13.6. The molecule has 1 aliphatic heterocycles. The van der Waals surface area contributed by atoms with Gasteiger partial charge in [0.05, 0.1) is 12.7 Å². The van der Waals surface area contributed by atoms with Crippen LogP contribution < -0.4 is 10.1 Å². The highest BCUT2D eigenvalue weighted by molar-refractivity contribution is 5.95. The number of urea groups is 1. The van der Waals surface area contributed by atoms with Crippen LogP contribution in [0.3, 0.4) is 0 Å². The molecule has 28 heavy (non-hydrogen) atoms. The Morgan fingerprint density at radius 1 is 1.36 bits per heavy atom. The molecule has 0 spiro atoms. The van der Waals surface area contributed by atoms with Gasteiger partial charge in [-0.3, -0.25) is 5.21 Å². The Morgan fingerprint density at radius 2 is 2.14 bits per heavy atom. The maximum atomic E-state index is 11.3. The van der Waals surface area contributed by atoms with E-state index in [1.807, 2.05) is 42.5 Å². The van der Waals surface area contributed by atoms with Crippen LogP contribution in [0.1, 0.15) is 22.7 Å². The summed E-state index contributed by atoms with van der Waals surface area (Å²) in [6.07, 6.45) is 0. The van der Waals surface area contributed by atoms with E-state index in [2.05, 4.69) is 22.2 Å². The summed E-state index contributed by atoms with van der Waals surface area (Å²) in [5, 5.41) is 12.3. The van der Waals surface area contributed by atoms with Crippen molar-refractivity contribution in [2.24, 2.45) is 4.99 Å². The van der Waals surface area contributed by atoms with Gasteiger partial charge in [0.25, 0.3) is 0 Å². The Morgan fingerprint density at radius 3 is 2.86 bits per heavy atom. The minimum absolute atomic E-state index is 0.0386. The Bertz CT molecular complexity index is 932. The van der Waals surface area contributed by atoms with Gasteiger partial charge >= 0.3 is 6.03 Å². The van der Waals surface area contributed by atoms with Crippen LogP contribution in [-0.4, -0.2) is 49.5 Å². The second kappa shape index (κ2) is 8.93. The van der Waals surface area contributed by atoms with E-state index < -0.39 is 6.03 Å². The van der Waals surface area contributed by atoms with Crippen molar-refractivity contribution in [1.82, 2.24) is 10.4 Å². The molecule has 2 N–H and O–H groups in total. The molecule has 0 saturated heterocycles. The normalized spacial score (nSPS) is 15.0. The van der Waals surface area contributed by atoms with Crippen LogP contribution in [0.5, 0.6) is 5.75 Å². The largest absolute Gasteiger partial charge is 0.495 e. The van der Waals surface area contributed by atoms with Crippen LogP contribution in [-0.2, 0) is 4.74 Å². The quantitative estimate of drug-likeness (QED) is 0.486. The number of rotatable bonds is 4. The number of nitrogens with zero attached hydrogens (tertiary/aromatic N) is 2. The molecule has 1 heterocycles. The third-order valence-corrected chi connectivity index (χ3v) is 4.18. The number of carbonyl (C=O) groups excluding carboxylic acids is 1. The minimum Gasteiger partial charge on any atom is -0.495 e. The number of hydrogen-bond acceptors (Lipinski definition) is 5. The molecule has 0 aromatic heterocycles. The summed E-state index contributed by atoms with van der Waals surface area (Å²) in [6.45, 7) is 0.346. The van der Waals surface area contributed by atoms with Gasteiger partial charge in [0.2, 0.25) is 5.90 Å². The number of nitrogens with one attached hydrogen (secondary N) is 1. The molecule has 2 aromatic carbocycles. The number of hydrogen-bond donors (Lipinski definition) is 2. The first-order valence-electron chi connectivity index (χ1n) is 8.73. The average Bonchev–Trinajstić information content (AvgIpc) is 3.24. The van der Waals surface area contributed by atoms with Gasteiger partial charge in [-0.15, -0.1) is 0 Å². The Labute approximate surface area is 163 Å². The number of benzene rings is 2. The third-order valence-electron chi connectivity index (χ3n) is 4.18. The van der Waals surface area contributed by atoms with Crippen molar-refractivity contribution in [2.75, 3.05) is 27.3 Å². The number of carbonyl (C=O) groups is 1. The molecule has 0 bridgehead atoms. The first-order valence-corrected chi connectivity index (χ1v) is 8.73. The Kier molecular flexibility index (Phi) is 6.14. The van der Waals surface area contributed by atoms with E-state index in [1.165, 1.54) is 7.05 Å². The van der Waals surface area contributed by atoms with Gasteiger partial charge in [0.1, 0.15) is 24.9 Å². The second-order valence-corrected chi connectivity index (χ2v) is 6.00. The van der Waals surface area contributed by atoms with Crippen molar-refractivity contribution in [3.05, 3.63) is 65.2 Å². The van der Waals surface area contributed by atoms with E-state index >= 15 is 0 Å². The van der Waals surface area contributed by atoms with Gasteiger partial charge in [-0.1, -0.05) is 42.2 Å². The van der Waals surface area contributed by atoms with E-state index in [9.17, 15) is 10.0 Å². The van der Waals surface area contributed by atoms with E-state index in [1.54, 1.807) is 13.2 Å². The maximum Gasteiger partial charge on any atom is 0.341 e. The Hall–Kier alpha value is -3.50. The van der Waals surface area contributed by atoms with E-state index in [0.29, 0.717) is 28.9 Å². The molecule has 7 nitrogen and oxygen atoms in total. The minimum atomic E-state index is -0.629. The maximum absolute atomic E-state index is 11.3. The van der Waals surface area contributed by atoms with Crippen LogP contribution in [0, 0.1) is 11.8 Å². The number of methoxy groups -OCH3 is 1. The van der Waals surface area contributed by atoms with Crippen LogP contribution in [0.25, 0.3) is 0 Å². The van der Waals surface area contributed by atoms with Crippen LogP contribution in [0.2, 0.25) is 0 Å². The second-order valence-electron chi connectivity index (χ2n) is 6.00. The van der Waals surface area contributed by atoms with Crippen molar-refractivity contribution in [3.63, 3.8) is 0 Å². The number of ether oxygens (including phenoxy) is 2. The lowest BCUT2D eigenvalue weighted by atomic mass is 10.1. The standard InChI is InChI=1S/C21H21N3O4/c1-22-21(25)24(26)12-6-9-16-13-17(10-11-19(16)27-2)20-23-18(14-28-20)15-7-4-3-5-8-15/h3-5,7-8,10-11,13,18,26H,12,14H2,1-2H3,(H,22,25)/t18-/m0/s1. The fourth-order valence-corrected chi connectivity index (χ4v) is 2.73. The first kappa shape index (κ1) is 19.3. The summed E-state index contributed by atoms with van der Waals surface area (Å²) in [7, 11) is 2.98. The topological polar surface area (TPSA) is 83.4 Å². The van der Waals surface area contributed by atoms with Crippen molar-refractivity contribution in [1.29, 1.82) is 0 Å². The van der Waals surface area contributed by atoms with E-state index in [0.717, 1.165) is 11.1 Å². The highest BCUT2D eigenvalue weighted by atomic mass is 16.5. The SMILES string of the molecule is CNC(=O)N(O)CC#Cc1cc(C2=N[C@H](c3ccccc3)CO2)ccc1OC. The molecule has 2 aromatic rings. The molecule has 1 aliphatic rings. The molecule has 0 radical (unpaired) electrons. The molecule has 0 unspecified atom stereocenters. The number of amides is 2. The third kappa shape index (κ3) is 4.42. The highest BCUT2D eigenvalue weighted by Gasteiger charge is 2.22. The summed E-state index contributed by atoms with van der Waals surface area (Å²) in [6, 6.07) is 14.8. The smallest absolute Gasteiger partial charge is 0.341 e. The predicted molar refractivity (Wildman–Crippen MR) is 104 cm³/mol. The monoisotopic (exact) mass is 379 g/mol. The van der Waals surface area contributed by atoms with E-state index in [4.69, 9.17) is 9.47 Å². The molecule has 7 heteroatoms. The van der Waals surface area contributed by atoms with Crippen molar-refractivity contribution in [3.8, 4) is 17.6 Å². The highest BCUT2D eigenvalue weighted by Crippen LogP contribution is 2.27. The van der Waals surface area contributed by atoms with Gasteiger partial charge < -0.3 is 14.8 Å². The lowest BCUT2D eigenvalue weighted by Gasteiger charge is -2.10. The molecule has 3 rings (SSSR count). The fraction of sp³-hybridized carbons (Fsp3) is 0.238. The number of aliphatic imine (C=N–C) groups is 1. The van der Waals surface area contributed by atoms with Gasteiger partial charge in [-0.2, -0.15) is 5.06 Å². The molecular formula is C21H21N3O4. The lowest BCUT2D eigenvalue weighted by Crippen LogP contribution is -2.35. The molecule has 0 saturated carbocycles. The van der Waals surface area contributed by atoms with Crippen LogP contribution >= 0.6 is 0 Å². The summed E-state index contributed by atoms with van der Waals surface area (Å²) in [5.74, 6) is 6.79. The summed E-state index contributed by atoms with van der Waals surface area (Å²) in [4.78, 5) is 16.0. The van der Waals surface area contributed by atoms with Crippen molar-refractivity contribution in [2.45, 2.75) is 6.04 Å². The summed E-state index contributed by atoms with van der Waals surface area (Å²) in [5.41, 5.74) is 2.50. The molecule has 0 fully saturated rings. The zero-order valence-electron chi connectivity index (χ0n) is 15.7. The molecule has 1 atom stereocenters. The predicted octanol–water partition coefficient (Wildman–Crippen LogP) is 2.60. The molecular weight excluding hydrogens is 358 g/mol.